The van der Waals surface area contributed by atoms with Crippen LogP contribution in [0.4, 0.5) is 0 Å². The number of hydrogen-bond donors (Lipinski definition) is 0. The van der Waals surface area contributed by atoms with E-state index < -0.39 is 0 Å². The molecule has 0 bridgehead atoms. The van der Waals surface area contributed by atoms with E-state index in [1.807, 2.05) is 18.3 Å². The van der Waals surface area contributed by atoms with Crippen LogP contribution < -0.4 is 0 Å². The Balaban J connectivity index is 1.69. The quantitative estimate of drug-likeness (QED) is 0.769. The zero-order valence-electron chi connectivity index (χ0n) is 11.8. The highest BCUT2D eigenvalue weighted by Crippen LogP contribution is 2.31. The molecule has 0 radical (unpaired) electrons. The molecule has 3 atom stereocenters. The van der Waals surface area contributed by atoms with Gasteiger partial charge >= 0.3 is 0 Å². The highest BCUT2D eigenvalue weighted by Gasteiger charge is 2.44. The monoisotopic (exact) mass is 274 g/mol. The molecule has 2 aliphatic heterocycles. The van der Waals surface area contributed by atoms with E-state index in [1.54, 1.807) is 6.08 Å². The predicted molar refractivity (Wildman–Crippen MR) is 77.3 cm³/mol. The van der Waals surface area contributed by atoms with Gasteiger partial charge in [-0.15, -0.1) is 6.58 Å². The molecule has 108 valence electrons. The standard InChI is InChI=1S/C16H22N2O2/c1-2-9-19-15-12-18(11-13-6-3-4-8-17-13)14-7-5-10-20-16(14)15/h2-4,6,8,14-16H,1,5,7,9-12H2/t14-,15-,16+/m1/s1. The summed E-state index contributed by atoms with van der Waals surface area (Å²) in [5.41, 5.74) is 1.11. The second-order valence-corrected chi connectivity index (χ2v) is 5.46. The maximum Gasteiger partial charge on any atom is 0.100 e. The molecule has 1 aromatic rings. The van der Waals surface area contributed by atoms with Crippen molar-refractivity contribution in [2.45, 2.75) is 37.6 Å². The lowest BCUT2D eigenvalue weighted by molar-refractivity contribution is -0.0721. The van der Waals surface area contributed by atoms with Crippen LogP contribution in [0.15, 0.2) is 37.1 Å². The molecular formula is C16H22N2O2. The van der Waals surface area contributed by atoms with Gasteiger partial charge in [0.25, 0.3) is 0 Å². The third-order valence-corrected chi connectivity index (χ3v) is 4.10. The van der Waals surface area contributed by atoms with Gasteiger partial charge in [-0.25, -0.2) is 0 Å². The Bertz CT molecular complexity index is 437. The van der Waals surface area contributed by atoms with Crippen molar-refractivity contribution in [1.82, 2.24) is 9.88 Å². The van der Waals surface area contributed by atoms with E-state index in [9.17, 15) is 0 Å². The summed E-state index contributed by atoms with van der Waals surface area (Å²) in [5, 5.41) is 0. The van der Waals surface area contributed by atoms with E-state index in [4.69, 9.17) is 9.47 Å². The number of ether oxygens (including phenoxy) is 2. The zero-order chi connectivity index (χ0) is 13.8. The van der Waals surface area contributed by atoms with Gasteiger partial charge in [0, 0.05) is 31.9 Å². The molecular weight excluding hydrogens is 252 g/mol. The zero-order valence-corrected chi connectivity index (χ0v) is 11.8. The maximum absolute atomic E-state index is 5.96. The van der Waals surface area contributed by atoms with Gasteiger partial charge in [0.05, 0.1) is 18.4 Å². The largest absolute Gasteiger partial charge is 0.374 e. The van der Waals surface area contributed by atoms with Crippen LogP contribution in [0.2, 0.25) is 0 Å². The normalized spacial score (nSPS) is 30.1. The van der Waals surface area contributed by atoms with E-state index in [-0.39, 0.29) is 12.2 Å². The molecule has 4 nitrogen and oxygen atoms in total. The van der Waals surface area contributed by atoms with E-state index in [2.05, 4.69) is 22.5 Å². The van der Waals surface area contributed by atoms with Crippen LogP contribution in [0.25, 0.3) is 0 Å². The van der Waals surface area contributed by atoms with Crippen molar-refractivity contribution < 1.29 is 9.47 Å². The third kappa shape index (κ3) is 2.92. The second-order valence-electron chi connectivity index (χ2n) is 5.46. The number of likely N-dealkylation sites (tertiary alicyclic amines) is 1. The SMILES string of the molecule is C=CCO[C@@H]1CN(Cc2ccccn2)[C@@H]2CCCO[C@@H]21. The summed E-state index contributed by atoms with van der Waals surface area (Å²) in [6.45, 7) is 6.96. The topological polar surface area (TPSA) is 34.6 Å². The minimum absolute atomic E-state index is 0.155. The molecule has 0 unspecified atom stereocenters. The fourth-order valence-electron chi connectivity index (χ4n) is 3.22. The first-order valence-corrected chi connectivity index (χ1v) is 7.36. The fourth-order valence-corrected chi connectivity index (χ4v) is 3.22. The highest BCUT2D eigenvalue weighted by atomic mass is 16.5. The van der Waals surface area contributed by atoms with Crippen LogP contribution >= 0.6 is 0 Å². The molecule has 2 fully saturated rings. The molecule has 2 saturated heterocycles. The smallest absolute Gasteiger partial charge is 0.100 e. The van der Waals surface area contributed by atoms with Crippen LogP contribution in [-0.2, 0) is 16.0 Å². The predicted octanol–water partition coefficient (Wildman–Crippen LogP) is 2.02. The van der Waals surface area contributed by atoms with Crippen molar-refractivity contribution in [1.29, 1.82) is 0 Å². The van der Waals surface area contributed by atoms with Gasteiger partial charge in [-0.2, -0.15) is 0 Å². The molecule has 0 aromatic carbocycles. The van der Waals surface area contributed by atoms with Gasteiger partial charge in [-0.05, 0) is 25.0 Å². The number of nitrogens with zero attached hydrogens (tertiary/aromatic N) is 2. The fraction of sp³-hybridized carbons (Fsp3) is 0.562. The number of aromatic nitrogens is 1. The Morgan fingerprint density at radius 2 is 2.45 bits per heavy atom. The summed E-state index contributed by atoms with van der Waals surface area (Å²) in [5.74, 6) is 0. The second kappa shape index (κ2) is 6.48. The Labute approximate surface area is 120 Å². The van der Waals surface area contributed by atoms with Crippen molar-refractivity contribution in [3.63, 3.8) is 0 Å². The summed E-state index contributed by atoms with van der Waals surface area (Å²) < 4.78 is 11.8. The van der Waals surface area contributed by atoms with Crippen molar-refractivity contribution in [2.75, 3.05) is 19.8 Å². The highest BCUT2D eigenvalue weighted by molar-refractivity contribution is 5.06. The molecule has 0 saturated carbocycles. The number of fused-ring (bicyclic) bond motifs is 1. The van der Waals surface area contributed by atoms with Crippen molar-refractivity contribution in [3.05, 3.63) is 42.7 Å². The Morgan fingerprint density at radius 3 is 3.25 bits per heavy atom. The Hall–Kier alpha value is -1.23. The summed E-state index contributed by atoms with van der Waals surface area (Å²) >= 11 is 0. The molecule has 3 heterocycles. The van der Waals surface area contributed by atoms with Crippen LogP contribution in [0.5, 0.6) is 0 Å². The molecule has 0 amide bonds. The van der Waals surface area contributed by atoms with Gasteiger partial charge in [0.1, 0.15) is 6.10 Å². The van der Waals surface area contributed by atoms with Gasteiger partial charge in [-0.3, -0.25) is 9.88 Å². The van der Waals surface area contributed by atoms with Gasteiger partial charge in [0.2, 0.25) is 0 Å². The Morgan fingerprint density at radius 1 is 1.50 bits per heavy atom. The van der Waals surface area contributed by atoms with Crippen LogP contribution in [0, 0.1) is 0 Å². The number of hydrogen-bond acceptors (Lipinski definition) is 4. The molecule has 2 aliphatic rings. The Kier molecular flexibility index (Phi) is 4.45. The lowest BCUT2D eigenvalue weighted by atomic mass is 10.0. The van der Waals surface area contributed by atoms with Crippen molar-refractivity contribution in [2.24, 2.45) is 0 Å². The van der Waals surface area contributed by atoms with Crippen LogP contribution in [-0.4, -0.2) is 47.9 Å². The average molecular weight is 274 g/mol. The first-order chi connectivity index (χ1) is 9.88. The van der Waals surface area contributed by atoms with Gasteiger partial charge < -0.3 is 9.47 Å². The third-order valence-electron chi connectivity index (χ3n) is 4.10. The average Bonchev–Trinajstić information content (AvgIpc) is 2.85. The molecule has 1 aromatic heterocycles. The molecule has 0 N–H and O–H groups in total. The first-order valence-electron chi connectivity index (χ1n) is 7.36. The van der Waals surface area contributed by atoms with Crippen LogP contribution in [0.3, 0.4) is 0 Å². The first kappa shape index (κ1) is 13.7. The molecule has 3 rings (SSSR count). The van der Waals surface area contributed by atoms with Crippen molar-refractivity contribution in [3.8, 4) is 0 Å². The molecule has 4 heteroatoms. The molecule has 0 aliphatic carbocycles. The maximum atomic E-state index is 5.96. The molecule has 20 heavy (non-hydrogen) atoms. The summed E-state index contributed by atoms with van der Waals surface area (Å²) in [6.07, 6.45) is 6.33. The van der Waals surface area contributed by atoms with Gasteiger partial charge in [-0.1, -0.05) is 12.1 Å². The minimum atomic E-state index is 0.155. The summed E-state index contributed by atoms with van der Waals surface area (Å²) in [7, 11) is 0. The molecule has 0 spiro atoms. The van der Waals surface area contributed by atoms with Crippen LogP contribution in [0.1, 0.15) is 18.5 Å². The summed E-state index contributed by atoms with van der Waals surface area (Å²) in [4.78, 5) is 6.89. The van der Waals surface area contributed by atoms with E-state index >= 15 is 0 Å². The lowest BCUT2D eigenvalue weighted by Crippen LogP contribution is -2.41. The van der Waals surface area contributed by atoms with Gasteiger partial charge in [0.15, 0.2) is 0 Å². The lowest BCUT2D eigenvalue weighted by Gasteiger charge is -2.32. The summed E-state index contributed by atoms with van der Waals surface area (Å²) in [6, 6.07) is 6.53. The van der Waals surface area contributed by atoms with E-state index in [0.717, 1.165) is 31.8 Å². The van der Waals surface area contributed by atoms with Crippen molar-refractivity contribution >= 4 is 0 Å². The van der Waals surface area contributed by atoms with E-state index in [0.29, 0.717) is 12.6 Å². The number of rotatable bonds is 5. The number of pyridine rings is 1. The minimum Gasteiger partial charge on any atom is -0.374 e. The van der Waals surface area contributed by atoms with E-state index in [1.165, 1.54) is 6.42 Å².